The first-order valence-electron chi connectivity index (χ1n) is 10.3. The molecule has 1 aliphatic heterocycles. The SMILES string of the molecule is CN(C)CCN(C[C@@H]1CCCN(Cc2ccccc2F)C1)C(=O)c1ccncc1. The van der Waals surface area contributed by atoms with E-state index in [1.54, 1.807) is 30.6 Å². The summed E-state index contributed by atoms with van der Waals surface area (Å²) in [5, 5.41) is 0. The van der Waals surface area contributed by atoms with Crippen LogP contribution in [-0.4, -0.2) is 72.4 Å². The first-order valence-corrected chi connectivity index (χ1v) is 10.3. The van der Waals surface area contributed by atoms with Gasteiger partial charge < -0.3 is 9.80 Å². The van der Waals surface area contributed by atoms with Gasteiger partial charge >= 0.3 is 0 Å². The summed E-state index contributed by atoms with van der Waals surface area (Å²) >= 11 is 0. The van der Waals surface area contributed by atoms with E-state index in [1.807, 2.05) is 31.1 Å². The number of hydrogen-bond acceptors (Lipinski definition) is 4. The van der Waals surface area contributed by atoms with E-state index in [1.165, 1.54) is 6.07 Å². The van der Waals surface area contributed by atoms with E-state index >= 15 is 0 Å². The van der Waals surface area contributed by atoms with Crippen LogP contribution in [0.25, 0.3) is 0 Å². The molecule has 1 saturated heterocycles. The first kappa shape index (κ1) is 21.4. The summed E-state index contributed by atoms with van der Waals surface area (Å²) in [7, 11) is 4.04. The second kappa shape index (κ2) is 10.5. The highest BCUT2D eigenvalue weighted by Crippen LogP contribution is 2.21. The largest absolute Gasteiger partial charge is 0.337 e. The van der Waals surface area contributed by atoms with Crippen LogP contribution >= 0.6 is 0 Å². The van der Waals surface area contributed by atoms with Gasteiger partial charge in [-0.2, -0.15) is 0 Å². The minimum Gasteiger partial charge on any atom is -0.337 e. The summed E-state index contributed by atoms with van der Waals surface area (Å²) in [5.41, 5.74) is 1.42. The molecular formula is C23H31FN4O. The molecule has 0 aliphatic carbocycles. The quantitative estimate of drug-likeness (QED) is 0.685. The van der Waals surface area contributed by atoms with Gasteiger partial charge in [0.25, 0.3) is 5.91 Å². The number of carbonyl (C=O) groups excluding carboxylic acids is 1. The van der Waals surface area contributed by atoms with Gasteiger partial charge in [0.1, 0.15) is 5.82 Å². The van der Waals surface area contributed by atoms with Crippen LogP contribution < -0.4 is 0 Å². The fraction of sp³-hybridized carbons (Fsp3) is 0.478. The van der Waals surface area contributed by atoms with Gasteiger partial charge in [0.15, 0.2) is 0 Å². The van der Waals surface area contributed by atoms with Crippen molar-refractivity contribution in [3.63, 3.8) is 0 Å². The topological polar surface area (TPSA) is 39.7 Å². The maximum atomic E-state index is 14.0. The van der Waals surface area contributed by atoms with E-state index in [4.69, 9.17) is 0 Å². The van der Waals surface area contributed by atoms with Gasteiger partial charge in [-0.05, 0) is 57.6 Å². The van der Waals surface area contributed by atoms with Crippen LogP contribution in [0.3, 0.4) is 0 Å². The summed E-state index contributed by atoms with van der Waals surface area (Å²) in [6, 6.07) is 10.5. The Hall–Kier alpha value is -2.31. The van der Waals surface area contributed by atoms with Gasteiger partial charge in [0, 0.05) is 56.2 Å². The second-order valence-electron chi connectivity index (χ2n) is 8.13. The third-order valence-electron chi connectivity index (χ3n) is 5.47. The van der Waals surface area contributed by atoms with Gasteiger partial charge in [-0.25, -0.2) is 4.39 Å². The Bertz CT molecular complexity index is 783. The number of hydrogen-bond donors (Lipinski definition) is 0. The smallest absolute Gasteiger partial charge is 0.254 e. The minimum atomic E-state index is -0.143. The Morgan fingerprint density at radius 3 is 2.66 bits per heavy atom. The highest BCUT2D eigenvalue weighted by molar-refractivity contribution is 5.94. The van der Waals surface area contributed by atoms with E-state index in [-0.39, 0.29) is 11.7 Å². The molecule has 1 atom stereocenters. The number of carbonyl (C=O) groups is 1. The molecule has 1 aliphatic rings. The molecule has 0 radical (unpaired) electrons. The predicted octanol–water partition coefficient (Wildman–Crippen LogP) is 3.14. The second-order valence-corrected chi connectivity index (χ2v) is 8.13. The average molecular weight is 399 g/mol. The van der Waals surface area contributed by atoms with Crippen molar-refractivity contribution in [3.8, 4) is 0 Å². The Morgan fingerprint density at radius 1 is 1.17 bits per heavy atom. The summed E-state index contributed by atoms with van der Waals surface area (Å²) < 4.78 is 14.0. The molecule has 5 nitrogen and oxygen atoms in total. The molecular weight excluding hydrogens is 367 g/mol. The third-order valence-corrected chi connectivity index (χ3v) is 5.47. The lowest BCUT2D eigenvalue weighted by Gasteiger charge is -2.36. The van der Waals surface area contributed by atoms with Crippen molar-refractivity contribution in [1.82, 2.24) is 19.7 Å². The molecule has 1 aromatic carbocycles. The van der Waals surface area contributed by atoms with Crippen molar-refractivity contribution in [2.24, 2.45) is 5.92 Å². The zero-order chi connectivity index (χ0) is 20.6. The molecule has 1 amide bonds. The van der Waals surface area contributed by atoms with Crippen molar-refractivity contribution in [2.45, 2.75) is 19.4 Å². The number of likely N-dealkylation sites (tertiary alicyclic amines) is 1. The number of aromatic nitrogens is 1. The van der Waals surface area contributed by atoms with Crippen molar-refractivity contribution in [2.75, 3.05) is 46.8 Å². The maximum Gasteiger partial charge on any atom is 0.254 e. The number of rotatable bonds is 8. The maximum absolute atomic E-state index is 14.0. The molecule has 0 spiro atoms. The van der Waals surface area contributed by atoms with Gasteiger partial charge in [0.05, 0.1) is 0 Å². The summed E-state index contributed by atoms with van der Waals surface area (Å²) in [4.78, 5) is 23.5. The fourth-order valence-corrected chi connectivity index (χ4v) is 3.90. The lowest BCUT2D eigenvalue weighted by Crippen LogP contribution is -2.44. The van der Waals surface area contributed by atoms with Crippen LogP contribution in [0.1, 0.15) is 28.8 Å². The monoisotopic (exact) mass is 398 g/mol. The van der Waals surface area contributed by atoms with Crippen LogP contribution in [0.5, 0.6) is 0 Å². The number of piperidine rings is 1. The molecule has 0 bridgehead atoms. The summed E-state index contributed by atoms with van der Waals surface area (Å²) in [6.07, 6.45) is 5.49. The molecule has 0 unspecified atom stereocenters. The summed E-state index contributed by atoms with van der Waals surface area (Å²) in [5.74, 6) is 0.305. The highest BCUT2D eigenvalue weighted by Gasteiger charge is 2.25. The van der Waals surface area contributed by atoms with Crippen LogP contribution in [0.2, 0.25) is 0 Å². The highest BCUT2D eigenvalue weighted by atomic mass is 19.1. The fourth-order valence-electron chi connectivity index (χ4n) is 3.90. The first-order chi connectivity index (χ1) is 14.0. The standard InChI is InChI=1S/C23H31FN4O/c1-26(2)14-15-28(23(29)20-9-11-25-12-10-20)17-19-6-5-13-27(16-19)18-21-7-3-4-8-22(21)24/h3-4,7-12,19H,5-6,13-18H2,1-2H3/t19-/m1/s1. The van der Waals surface area contributed by atoms with E-state index in [2.05, 4.69) is 14.8 Å². The Balaban J connectivity index is 1.64. The zero-order valence-corrected chi connectivity index (χ0v) is 17.4. The van der Waals surface area contributed by atoms with Gasteiger partial charge in [-0.1, -0.05) is 18.2 Å². The Kier molecular flexibility index (Phi) is 7.72. The predicted molar refractivity (Wildman–Crippen MR) is 113 cm³/mol. The molecule has 0 saturated carbocycles. The summed E-state index contributed by atoms with van der Waals surface area (Å²) in [6.45, 7) is 4.72. The van der Waals surface area contributed by atoms with Crippen molar-refractivity contribution < 1.29 is 9.18 Å². The third kappa shape index (κ3) is 6.34. The Labute approximate surface area is 173 Å². The molecule has 156 valence electrons. The van der Waals surface area contributed by atoms with E-state index in [9.17, 15) is 9.18 Å². The Morgan fingerprint density at radius 2 is 1.93 bits per heavy atom. The van der Waals surface area contributed by atoms with E-state index in [0.717, 1.165) is 44.6 Å². The molecule has 6 heteroatoms. The molecule has 29 heavy (non-hydrogen) atoms. The van der Waals surface area contributed by atoms with Gasteiger partial charge in [0.2, 0.25) is 0 Å². The van der Waals surface area contributed by atoms with Crippen LogP contribution in [0, 0.1) is 11.7 Å². The van der Waals surface area contributed by atoms with E-state index < -0.39 is 0 Å². The average Bonchev–Trinajstić information content (AvgIpc) is 2.73. The molecule has 2 heterocycles. The normalized spacial score (nSPS) is 17.4. The van der Waals surface area contributed by atoms with Crippen molar-refractivity contribution in [1.29, 1.82) is 0 Å². The van der Waals surface area contributed by atoms with Gasteiger partial charge in [-0.3, -0.25) is 14.7 Å². The number of pyridine rings is 1. The molecule has 2 aromatic rings. The lowest BCUT2D eigenvalue weighted by atomic mass is 9.96. The molecule has 3 rings (SSSR count). The number of nitrogens with zero attached hydrogens (tertiary/aromatic N) is 4. The van der Waals surface area contributed by atoms with Gasteiger partial charge in [-0.15, -0.1) is 0 Å². The van der Waals surface area contributed by atoms with Crippen molar-refractivity contribution >= 4 is 5.91 Å². The molecule has 0 N–H and O–H groups in total. The minimum absolute atomic E-state index is 0.0560. The lowest BCUT2D eigenvalue weighted by molar-refractivity contribution is 0.0660. The number of amides is 1. The number of halogens is 1. The van der Waals surface area contributed by atoms with Crippen LogP contribution in [-0.2, 0) is 6.54 Å². The number of benzene rings is 1. The number of likely N-dealkylation sites (N-methyl/N-ethyl adjacent to an activating group) is 1. The molecule has 1 fully saturated rings. The molecule has 1 aromatic heterocycles. The zero-order valence-electron chi connectivity index (χ0n) is 17.4. The van der Waals surface area contributed by atoms with Crippen molar-refractivity contribution in [3.05, 3.63) is 65.7 Å². The van der Waals surface area contributed by atoms with Crippen LogP contribution in [0.4, 0.5) is 4.39 Å². The van der Waals surface area contributed by atoms with Crippen LogP contribution in [0.15, 0.2) is 48.8 Å². The van der Waals surface area contributed by atoms with E-state index in [0.29, 0.717) is 24.6 Å².